The summed E-state index contributed by atoms with van der Waals surface area (Å²) in [5.41, 5.74) is 5.38. The summed E-state index contributed by atoms with van der Waals surface area (Å²) in [6.07, 6.45) is 2.74. The van der Waals surface area contributed by atoms with Crippen LogP contribution in [0.25, 0.3) is 14.5 Å². The Bertz CT molecular complexity index is 1170. The Morgan fingerprint density at radius 2 is 0.676 bits per heavy atom. The van der Waals surface area contributed by atoms with E-state index in [0.717, 1.165) is 36.0 Å². The van der Waals surface area contributed by atoms with Crippen LogP contribution in [0.2, 0.25) is 0 Å². The van der Waals surface area contributed by atoms with E-state index in [1.807, 2.05) is 54.6 Å². The standard InChI is InChI=1S/C27H21N3.3CN.Ir/c1-28-25-13-7-4-10-22(25)19-16-20(23-11-5-8-14-26(23)29-2)18-21(17-19)24-12-6-9-15-27(24)30-3;3*1-2;/h4-15,19-21H,16-18H2;;;;/q;3*-1;+3. The van der Waals surface area contributed by atoms with Gasteiger partial charge in [0.1, 0.15) is 0 Å². The number of nitrogens with zero attached hydrogens (tertiary/aromatic N) is 6. The summed E-state index contributed by atoms with van der Waals surface area (Å²) in [5.74, 6) is 0.657. The molecule has 4 rings (SSSR count). The molecule has 37 heavy (non-hydrogen) atoms. The molecule has 7 heteroatoms. The van der Waals surface area contributed by atoms with Gasteiger partial charge in [-0.2, -0.15) is 0 Å². The molecule has 0 saturated heterocycles. The average molecular weight is 658 g/mol. The van der Waals surface area contributed by atoms with E-state index in [1.54, 1.807) is 0 Å². The van der Waals surface area contributed by atoms with Crippen LogP contribution in [0, 0.1) is 55.2 Å². The van der Waals surface area contributed by atoms with Crippen molar-refractivity contribution in [2.24, 2.45) is 0 Å². The zero-order chi connectivity index (χ0) is 26.9. The first kappa shape index (κ1) is 32.2. The molecule has 0 N–H and O–H groups in total. The Kier molecular flexibility index (Phi) is 15.4. The van der Waals surface area contributed by atoms with Crippen molar-refractivity contribution in [2.75, 3.05) is 0 Å². The van der Waals surface area contributed by atoms with Gasteiger partial charge in [0, 0.05) is 0 Å². The summed E-state index contributed by atoms with van der Waals surface area (Å²) in [7, 11) is 0. The van der Waals surface area contributed by atoms with Crippen LogP contribution in [0.15, 0.2) is 72.8 Å². The van der Waals surface area contributed by atoms with Crippen molar-refractivity contribution in [1.82, 2.24) is 0 Å². The summed E-state index contributed by atoms with van der Waals surface area (Å²) in [6.45, 7) is 37.1. The molecule has 1 saturated carbocycles. The minimum atomic E-state index is 0. The maximum absolute atomic E-state index is 7.61. The quantitative estimate of drug-likeness (QED) is 0.265. The number of hydrogen-bond acceptors (Lipinski definition) is 3. The van der Waals surface area contributed by atoms with Gasteiger partial charge < -0.3 is 35.5 Å². The van der Waals surface area contributed by atoms with Crippen molar-refractivity contribution < 1.29 is 20.1 Å². The summed E-state index contributed by atoms with van der Waals surface area (Å²) >= 11 is 0. The molecule has 0 radical (unpaired) electrons. The number of hydrogen-bond donors (Lipinski definition) is 0. The normalized spacial score (nSPS) is 16.8. The van der Waals surface area contributed by atoms with Crippen LogP contribution >= 0.6 is 0 Å². The first-order valence-electron chi connectivity index (χ1n) is 10.8. The minimum absolute atomic E-state index is 0. The largest absolute Gasteiger partial charge is 3.00 e. The molecule has 1 fully saturated rings. The second-order valence-corrected chi connectivity index (χ2v) is 7.81. The molecule has 3 aromatic carbocycles. The van der Waals surface area contributed by atoms with E-state index < -0.39 is 0 Å². The molecule has 0 atom stereocenters. The molecule has 0 spiro atoms. The van der Waals surface area contributed by atoms with Crippen LogP contribution in [-0.2, 0) is 20.1 Å². The average Bonchev–Trinajstić information content (AvgIpc) is 2.99. The zero-order valence-electron chi connectivity index (χ0n) is 19.8. The first-order chi connectivity index (χ1) is 17.7. The second-order valence-electron chi connectivity index (χ2n) is 7.81. The monoisotopic (exact) mass is 658 g/mol. The molecule has 0 aliphatic heterocycles. The van der Waals surface area contributed by atoms with Gasteiger partial charge >= 0.3 is 20.1 Å². The fourth-order valence-corrected chi connectivity index (χ4v) is 4.88. The van der Waals surface area contributed by atoms with Crippen molar-refractivity contribution >= 4 is 17.1 Å². The molecule has 0 bridgehead atoms. The first-order valence-corrected chi connectivity index (χ1v) is 10.8. The minimum Gasteiger partial charge on any atom is -0.512 e. The molecule has 1 aliphatic rings. The molecule has 3 aromatic rings. The van der Waals surface area contributed by atoms with Gasteiger partial charge in [-0.25, -0.2) is 14.5 Å². The second kappa shape index (κ2) is 17.7. The number of rotatable bonds is 3. The Labute approximate surface area is 232 Å². The van der Waals surface area contributed by atoms with Crippen LogP contribution in [0.5, 0.6) is 0 Å². The van der Waals surface area contributed by atoms with Crippen LogP contribution in [0.1, 0.15) is 53.7 Å². The van der Waals surface area contributed by atoms with E-state index in [0.29, 0.717) is 17.1 Å². The Hall–Kier alpha value is -4.75. The Morgan fingerprint density at radius 1 is 0.459 bits per heavy atom. The van der Waals surface area contributed by atoms with Crippen molar-refractivity contribution in [3.63, 3.8) is 0 Å². The van der Waals surface area contributed by atoms with Gasteiger partial charge in [0.2, 0.25) is 0 Å². The van der Waals surface area contributed by atoms with E-state index in [-0.39, 0.29) is 37.9 Å². The van der Waals surface area contributed by atoms with E-state index in [1.165, 1.54) is 0 Å². The van der Waals surface area contributed by atoms with Gasteiger partial charge in [-0.05, 0) is 53.7 Å². The van der Waals surface area contributed by atoms with Gasteiger partial charge in [0.15, 0.2) is 17.1 Å². The summed E-state index contributed by atoms with van der Waals surface area (Å²) in [6, 6.07) is 23.6. The molecule has 1 aliphatic carbocycles. The van der Waals surface area contributed by atoms with Crippen molar-refractivity contribution in [3.05, 3.63) is 143 Å². The van der Waals surface area contributed by atoms with Gasteiger partial charge in [0.25, 0.3) is 0 Å². The van der Waals surface area contributed by atoms with Crippen LogP contribution in [0.4, 0.5) is 17.1 Å². The van der Waals surface area contributed by atoms with Gasteiger partial charge in [-0.3, -0.25) is 0 Å². The Balaban J connectivity index is 0.00000173. The third-order valence-corrected chi connectivity index (χ3v) is 6.20. The smallest absolute Gasteiger partial charge is 0.512 e. The fourth-order valence-electron chi connectivity index (χ4n) is 4.88. The third kappa shape index (κ3) is 7.88. The van der Waals surface area contributed by atoms with Gasteiger partial charge in [-0.1, -0.05) is 72.8 Å². The van der Waals surface area contributed by atoms with E-state index in [2.05, 4.69) is 32.7 Å². The summed E-state index contributed by atoms with van der Waals surface area (Å²) < 4.78 is 0. The molecule has 6 nitrogen and oxygen atoms in total. The maximum atomic E-state index is 7.61. The molecular formula is C30H21IrN6. The van der Waals surface area contributed by atoms with Gasteiger partial charge in [-0.15, -0.1) is 0 Å². The van der Waals surface area contributed by atoms with Crippen molar-refractivity contribution in [2.45, 2.75) is 37.0 Å². The predicted octanol–water partition coefficient (Wildman–Crippen LogP) is 8.46. The van der Waals surface area contributed by atoms with E-state index in [4.69, 9.17) is 55.2 Å². The van der Waals surface area contributed by atoms with Crippen LogP contribution < -0.4 is 0 Å². The predicted molar refractivity (Wildman–Crippen MR) is 135 cm³/mol. The van der Waals surface area contributed by atoms with Crippen LogP contribution in [-0.4, -0.2) is 0 Å². The third-order valence-electron chi connectivity index (χ3n) is 6.20. The van der Waals surface area contributed by atoms with Gasteiger partial charge in [0.05, 0.1) is 19.7 Å². The number of para-hydroxylation sites is 3. The fraction of sp³-hybridized carbons (Fsp3) is 0.200. The van der Waals surface area contributed by atoms with Crippen LogP contribution in [0.3, 0.4) is 0 Å². The SMILES string of the molecule is [C-]#N.[C-]#N.[C-]#N.[C-]#[N+]c1ccccc1C1CC(c2ccccc2[N+]#[C-])CC(c2ccccc2[N+]#[C-])C1.[Ir+3]. The summed E-state index contributed by atoms with van der Waals surface area (Å²) in [5, 5.41) is 18.8. The maximum Gasteiger partial charge on any atom is 3.00 e. The molecular weight excluding hydrogens is 637 g/mol. The van der Waals surface area contributed by atoms with Crippen molar-refractivity contribution in [1.29, 1.82) is 15.8 Å². The topological polar surface area (TPSA) is 84.5 Å². The molecule has 0 aromatic heterocycles. The molecule has 0 heterocycles. The molecule has 0 unspecified atom stereocenters. The van der Waals surface area contributed by atoms with E-state index in [9.17, 15) is 0 Å². The van der Waals surface area contributed by atoms with Crippen molar-refractivity contribution in [3.8, 4) is 0 Å². The summed E-state index contributed by atoms with van der Waals surface area (Å²) in [4.78, 5) is 11.3. The van der Waals surface area contributed by atoms with E-state index >= 15 is 0 Å². The number of benzene rings is 3. The molecule has 0 amide bonds. The molecule has 180 valence electrons. The zero-order valence-corrected chi connectivity index (χ0v) is 22.2. The Morgan fingerprint density at radius 3 is 0.892 bits per heavy atom.